The van der Waals surface area contributed by atoms with Crippen molar-refractivity contribution in [2.45, 2.75) is 19.9 Å². The van der Waals surface area contributed by atoms with Crippen LogP contribution in [0.1, 0.15) is 18.1 Å². The lowest BCUT2D eigenvalue weighted by atomic mass is 10.1. The SMILES string of the molecule is CCNC(=NCc1cc(OC)c(O)c(OC)c1)NCCc1cc(F)ccc1F. The van der Waals surface area contributed by atoms with E-state index < -0.39 is 11.6 Å². The first kappa shape index (κ1) is 21.3. The van der Waals surface area contributed by atoms with Gasteiger partial charge in [0.1, 0.15) is 11.6 Å². The summed E-state index contributed by atoms with van der Waals surface area (Å²) in [5.41, 5.74) is 1.08. The van der Waals surface area contributed by atoms with Crippen molar-refractivity contribution in [3.05, 3.63) is 53.1 Å². The number of phenols is 1. The number of nitrogens with one attached hydrogen (secondary N) is 2. The van der Waals surface area contributed by atoms with Crippen LogP contribution in [0.25, 0.3) is 0 Å². The summed E-state index contributed by atoms with van der Waals surface area (Å²) in [4.78, 5) is 4.47. The molecule has 0 unspecified atom stereocenters. The van der Waals surface area contributed by atoms with Crippen LogP contribution in [0, 0.1) is 11.6 Å². The quantitative estimate of drug-likeness (QED) is 0.475. The van der Waals surface area contributed by atoms with Crippen LogP contribution in [0.2, 0.25) is 0 Å². The molecule has 2 aromatic rings. The van der Waals surface area contributed by atoms with Crippen LogP contribution in [-0.4, -0.2) is 38.4 Å². The third-order valence-electron chi connectivity index (χ3n) is 4.00. The number of guanidine groups is 1. The number of halogens is 2. The predicted molar refractivity (Wildman–Crippen MR) is 104 cm³/mol. The van der Waals surface area contributed by atoms with E-state index in [4.69, 9.17) is 9.47 Å². The molecule has 0 aliphatic heterocycles. The molecule has 152 valence electrons. The average Bonchev–Trinajstić information content (AvgIpc) is 2.69. The van der Waals surface area contributed by atoms with Gasteiger partial charge in [-0.3, -0.25) is 0 Å². The second-order valence-corrected chi connectivity index (χ2v) is 5.96. The summed E-state index contributed by atoms with van der Waals surface area (Å²) in [6.07, 6.45) is 0.314. The average molecular weight is 393 g/mol. The molecular formula is C20H25F2N3O3. The van der Waals surface area contributed by atoms with Crippen molar-refractivity contribution in [3.8, 4) is 17.2 Å². The van der Waals surface area contributed by atoms with E-state index >= 15 is 0 Å². The molecule has 3 N–H and O–H groups in total. The topological polar surface area (TPSA) is 75.1 Å². The van der Waals surface area contributed by atoms with Crippen molar-refractivity contribution in [2.75, 3.05) is 27.3 Å². The van der Waals surface area contributed by atoms with Gasteiger partial charge in [-0.05, 0) is 54.8 Å². The summed E-state index contributed by atoms with van der Waals surface area (Å²) >= 11 is 0. The highest BCUT2D eigenvalue weighted by Crippen LogP contribution is 2.37. The van der Waals surface area contributed by atoms with Crippen LogP contribution < -0.4 is 20.1 Å². The van der Waals surface area contributed by atoms with Crippen molar-refractivity contribution in [2.24, 2.45) is 4.99 Å². The number of hydrogen-bond donors (Lipinski definition) is 3. The van der Waals surface area contributed by atoms with Crippen LogP contribution in [0.5, 0.6) is 17.2 Å². The van der Waals surface area contributed by atoms with Gasteiger partial charge in [-0.15, -0.1) is 0 Å². The van der Waals surface area contributed by atoms with Crippen molar-refractivity contribution in [1.29, 1.82) is 0 Å². The Bertz CT molecular complexity index is 803. The molecular weight excluding hydrogens is 368 g/mol. The van der Waals surface area contributed by atoms with E-state index in [1.165, 1.54) is 20.3 Å². The van der Waals surface area contributed by atoms with Crippen molar-refractivity contribution >= 4 is 5.96 Å². The third-order valence-corrected chi connectivity index (χ3v) is 4.00. The second kappa shape index (κ2) is 10.3. The van der Waals surface area contributed by atoms with Crippen molar-refractivity contribution in [1.82, 2.24) is 10.6 Å². The number of aromatic hydroxyl groups is 1. The fraction of sp³-hybridized carbons (Fsp3) is 0.350. The highest BCUT2D eigenvalue weighted by Gasteiger charge is 2.11. The van der Waals surface area contributed by atoms with Gasteiger partial charge < -0.3 is 25.2 Å². The lowest BCUT2D eigenvalue weighted by Gasteiger charge is -2.13. The maximum Gasteiger partial charge on any atom is 0.200 e. The van der Waals surface area contributed by atoms with E-state index in [9.17, 15) is 13.9 Å². The Morgan fingerprint density at radius 3 is 2.36 bits per heavy atom. The third kappa shape index (κ3) is 5.73. The summed E-state index contributed by atoms with van der Waals surface area (Å²) in [7, 11) is 2.91. The predicted octanol–water partition coefficient (Wildman–Crippen LogP) is 2.99. The number of aliphatic imine (C=N–C) groups is 1. The van der Waals surface area contributed by atoms with Gasteiger partial charge in [-0.1, -0.05) is 0 Å². The number of phenolic OH excluding ortho intramolecular Hbond substituents is 1. The van der Waals surface area contributed by atoms with E-state index in [0.29, 0.717) is 49.1 Å². The molecule has 0 fully saturated rings. The fourth-order valence-corrected chi connectivity index (χ4v) is 2.60. The Hall–Kier alpha value is -3.03. The van der Waals surface area contributed by atoms with Crippen molar-refractivity contribution < 1.29 is 23.4 Å². The van der Waals surface area contributed by atoms with E-state index in [1.807, 2.05) is 6.92 Å². The van der Waals surface area contributed by atoms with E-state index in [-0.39, 0.29) is 5.75 Å². The number of rotatable bonds is 8. The molecule has 0 amide bonds. The van der Waals surface area contributed by atoms with Gasteiger partial charge in [0.2, 0.25) is 5.75 Å². The van der Waals surface area contributed by atoms with E-state index in [2.05, 4.69) is 15.6 Å². The Balaban J connectivity index is 2.05. The van der Waals surface area contributed by atoms with E-state index in [0.717, 1.165) is 17.7 Å². The molecule has 0 atom stereocenters. The minimum absolute atomic E-state index is 0.0696. The summed E-state index contributed by atoms with van der Waals surface area (Å²) in [5, 5.41) is 16.2. The van der Waals surface area contributed by atoms with Gasteiger partial charge in [-0.2, -0.15) is 0 Å². The highest BCUT2D eigenvalue weighted by molar-refractivity contribution is 5.79. The van der Waals surface area contributed by atoms with Gasteiger partial charge in [0.25, 0.3) is 0 Å². The molecule has 6 nitrogen and oxygen atoms in total. The molecule has 0 aromatic heterocycles. The molecule has 0 bridgehead atoms. The summed E-state index contributed by atoms with van der Waals surface area (Å²) < 4.78 is 37.2. The summed E-state index contributed by atoms with van der Waals surface area (Å²) in [6.45, 7) is 3.25. The normalized spacial score (nSPS) is 11.2. The molecule has 0 aliphatic rings. The molecule has 2 rings (SSSR count). The molecule has 8 heteroatoms. The summed E-state index contributed by atoms with van der Waals surface area (Å²) in [5.74, 6) is 0.152. The number of nitrogens with zero attached hydrogens (tertiary/aromatic N) is 1. The lowest BCUT2D eigenvalue weighted by Crippen LogP contribution is -2.38. The molecule has 0 saturated heterocycles. The zero-order valence-electron chi connectivity index (χ0n) is 16.2. The fourth-order valence-electron chi connectivity index (χ4n) is 2.60. The van der Waals surface area contributed by atoms with Gasteiger partial charge >= 0.3 is 0 Å². The maximum absolute atomic E-state index is 13.7. The first-order chi connectivity index (χ1) is 13.5. The maximum atomic E-state index is 13.7. The number of ether oxygens (including phenoxy) is 2. The standard InChI is InChI=1S/C20H25F2N3O3/c1-4-23-20(24-8-7-14-11-15(21)5-6-16(14)22)25-12-13-9-17(27-2)19(26)18(10-13)28-3/h5-6,9-11,26H,4,7-8,12H2,1-3H3,(H2,23,24,25). The van der Waals surface area contributed by atoms with Crippen molar-refractivity contribution in [3.63, 3.8) is 0 Å². The van der Waals surface area contributed by atoms with Crippen LogP contribution in [0.15, 0.2) is 35.3 Å². The van der Waals surface area contributed by atoms with Crippen LogP contribution in [-0.2, 0) is 13.0 Å². The minimum atomic E-state index is -0.466. The minimum Gasteiger partial charge on any atom is -0.502 e. The molecule has 28 heavy (non-hydrogen) atoms. The zero-order valence-corrected chi connectivity index (χ0v) is 16.2. The number of methoxy groups -OCH3 is 2. The highest BCUT2D eigenvalue weighted by atomic mass is 19.1. The van der Waals surface area contributed by atoms with Gasteiger partial charge in [0.05, 0.1) is 20.8 Å². The largest absolute Gasteiger partial charge is 0.502 e. The van der Waals surface area contributed by atoms with E-state index in [1.54, 1.807) is 12.1 Å². The van der Waals surface area contributed by atoms with Crippen LogP contribution in [0.3, 0.4) is 0 Å². The summed E-state index contributed by atoms with van der Waals surface area (Å²) in [6, 6.07) is 6.75. The number of benzene rings is 2. The zero-order chi connectivity index (χ0) is 20.5. The first-order valence-corrected chi connectivity index (χ1v) is 8.88. The molecule has 0 aliphatic carbocycles. The Morgan fingerprint density at radius 1 is 1.07 bits per heavy atom. The van der Waals surface area contributed by atoms with Crippen LogP contribution >= 0.6 is 0 Å². The molecule has 0 saturated carbocycles. The molecule has 0 heterocycles. The Kier molecular flexibility index (Phi) is 7.86. The Morgan fingerprint density at radius 2 is 1.75 bits per heavy atom. The molecule has 0 radical (unpaired) electrons. The lowest BCUT2D eigenvalue weighted by molar-refractivity contribution is 0.339. The molecule has 2 aromatic carbocycles. The Labute approximate surface area is 163 Å². The van der Waals surface area contributed by atoms with Gasteiger partial charge in [-0.25, -0.2) is 13.8 Å². The first-order valence-electron chi connectivity index (χ1n) is 8.88. The smallest absolute Gasteiger partial charge is 0.200 e. The molecule has 0 spiro atoms. The monoisotopic (exact) mass is 393 g/mol. The van der Waals surface area contributed by atoms with Crippen LogP contribution in [0.4, 0.5) is 8.78 Å². The second-order valence-electron chi connectivity index (χ2n) is 5.96. The number of hydrogen-bond acceptors (Lipinski definition) is 4. The van der Waals surface area contributed by atoms with Gasteiger partial charge in [0, 0.05) is 13.1 Å². The van der Waals surface area contributed by atoms with Gasteiger partial charge in [0.15, 0.2) is 17.5 Å².